The predicted molar refractivity (Wildman–Crippen MR) is 116 cm³/mol. The van der Waals surface area contributed by atoms with E-state index in [1.165, 1.54) is 37.6 Å². The third-order valence-electron chi connectivity index (χ3n) is 4.00. The highest BCUT2D eigenvalue weighted by Gasteiger charge is 2.24. The SMILES string of the molecule is COc1cc(/C=N/NC(=O)C(NC(=O)c2ccc(F)cc2)C(C)C)cc(I)c1O. The second kappa shape index (κ2) is 10.2. The lowest BCUT2D eigenvalue weighted by molar-refractivity contribution is -0.123. The highest BCUT2D eigenvalue weighted by atomic mass is 127. The van der Waals surface area contributed by atoms with Crippen LogP contribution in [0.4, 0.5) is 4.39 Å². The molecule has 0 saturated carbocycles. The standard InChI is InChI=1S/C20H21FIN3O4/c1-11(2)17(24-19(27)13-4-6-14(21)7-5-13)20(28)25-23-10-12-8-15(22)18(26)16(9-12)29-3/h4-11,17,26H,1-3H3,(H,24,27)(H,25,28)/b23-10+. The quantitative estimate of drug-likeness (QED) is 0.301. The van der Waals surface area contributed by atoms with E-state index in [-0.39, 0.29) is 23.0 Å². The summed E-state index contributed by atoms with van der Waals surface area (Å²) in [4.78, 5) is 24.8. The number of aromatic hydroxyl groups is 1. The molecule has 3 N–H and O–H groups in total. The molecule has 2 aromatic rings. The van der Waals surface area contributed by atoms with Crippen molar-refractivity contribution in [3.8, 4) is 11.5 Å². The Labute approximate surface area is 181 Å². The molecular formula is C20H21FIN3O4. The third kappa shape index (κ3) is 6.14. The van der Waals surface area contributed by atoms with Crippen LogP contribution in [0.3, 0.4) is 0 Å². The van der Waals surface area contributed by atoms with Crippen molar-refractivity contribution >= 4 is 40.6 Å². The summed E-state index contributed by atoms with van der Waals surface area (Å²) in [5.41, 5.74) is 3.26. The number of ether oxygens (including phenoxy) is 1. The van der Waals surface area contributed by atoms with E-state index >= 15 is 0 Å². The molecule has 29 heavy (non-hydrogen) atoms. The number of carbonyl (C=O) groups excluding carboxylic acids is 2. The van der Waals surface area contributed by atoms with Crippen LogP contribution < -0.4 is 15.5 Å². The zero-order chi connectivity index (χ0) is 21.6. The van der Waals surface area contributed by atoms with Gasteiger partial charge in [-0.05, 0) is 70.5 Å². The molecule has 0 fully saturated rings. The topological polar surface area (TPSA) is 100 Å². The number of nitrogens with one attached hydrogen (secondary N) is 2. The number of hydrazone groups is 1. The van der Waals surface area contributed by atoms with Crippen LogP contribution in [0.25, 0.3) is 0 Å². The summed E-state index contributed by atoms with van der Waals surface area (Å²) in [5.74, 6) is -1.32. The van der Waals surface area contributed by atoms with Crippen LogP contribution in [0.1, 0.15) is 29.8 Å². The molecule has 0 heterocycles. The van der Waals surface area contributed by atoms with Crippen molar-refractivity contribution < 1.29 is 23.8 Å². The van der Waals surface area contributed by atoms with Gasteiger partial charge in [-0.15, -0.1) is 0 Å². The number of phenols is 1. The van der Waals surface area contributed by atoms with Gasteiger partial charge >= 0.3 is 0 Å². The Morgan fingerprint density at radius 3 is 2.48 bits per heavy atom. The van der Waals surface area contributed by atoms with Crippen molar-refractivity contribution in [3.05, 3.63) is 56.9 Å². The van der Waals surface area contributed by atoms with Gasteiger partial charge in [-0.1, -0.05) is 13.8 Å². The van der Waals surface area contributed by atoms with Gasteiger partial charge in [-0.25, -0.2) is 9.82 Å². The predicted octanol–water partition coefficient (Wildman–Crippen LogP) is 3.05. The molecule has 2 aromatic carbocycles. The summed E-state index contributed by atoms with van der Waals surface area (Å²) in [6.07, 6.45) is 1.40. The number of carbonyl (C=O) groups is 2. The molecule has 0 bridgehead atoms. The summed E-state index contributed by atoms with van der Waals surface area (Å²) >= 11 is 1.95. The van der Waals surface area contributed by atoms with E-state index in [2.05, 4.69) is 15.8 Å². The lowest BCUT2D eigenvalue weighted by atomic mass is 10.0. The molecule has 0 aliphatic heterocycles. The number of methoxy groups -OCH3 is 1. The number of amides is 2. The fraction of sp³-hybridized carbons (Fsp3) is 0.250. The molecule has 0 aromatic heterocycles. The smallest absolute Gasteiger partial charge is 0.262 e. The summed E-state index contributed by atoms with van der Waals surface area (Å²) in [7, 11) is 1.44. The Hall–Kier alpha value is -2.69. The Kier molecular flexibility index (Phi) is 7.94. The second-order valence-corrected chi connectivity index (χ2v) is 7.65. The normalized spacial score (nSPS) is 12.1. The third-order valence-corrected chi connectivity index (χ3v) is 4.82. The van der Waals surface area contributed by atoms with Gasteiger partial charge in [0, 0.05) is 5.56 Å². The summed E-state index contributed by atoms with van der Waals surface area (Å²) in [6.45, 7) is 3.57. The van der Waals surface area contributed by atoms with Gasteiger partial charge in [0.25, 0.3) is 11.8 Å². The molecule has 0 aliphatic carbocycles. The molecule has 0 spiro atoms. The highest BCUT2D eigenvalue weighted by molar-refractivity contribution is 14.1. The Balaban J connectivity index is 2.06. The zero-order valence-corrected chi connectivity index (χ0v) is 18.2. The molecule has 0 radical (unpaired) electrons. The van der Waals surface area contributed by atoms with Crippen LogP contribution in [-0.2, 0) is 4.79 Å². The van der Waals surface area contributed by atoms with Crippen LogP contribution in [0.2, 0.25) is 0 Å². The molecule has 7 nitrogen and oxygen atoms in total. The van der Waals surface area contributed by atoms with E-state index < -0.39 is 23.7 Å². The maximum atomic E-state index is 13.0. The first-order valence-corrected chi connectivity index (χ1v) is 9.76. The van der Waals surface area contributed by atoms with E-state index in [4.69, 9.17) is 4.74 Å². The van der Waals surface area contributed by atoms with Gasteiger partial charge in [0.15, 0.2) is 11.5 Å². The van der Waals surface area contributed by atoms with Crippen molar-refractivity contribution in [3.63, 3.8) is 0 Å². The van der Waals surface area contributed by atoms with Crippen LogP contribution >= 0.6 is 22.6 Å². The van der Waals surface area contributed by atoms with Crippen molar-refractivity contribution in [1.29, 1.82) is 0 Å². The first-order valence-electron chi connectivity index (χ1n) is 8.68. The lowest BCUT2D eigenvalue weighted by Crippen LogP contribution is -2.48. The summed E-state index contributed by atoms with van der Waals surface area (Å²) in [6, 6.07) is 7.46. The lowest BCUT2D eigenvalue weighted by Gasteiger charge is -2.20. The maximum absolute atomic E-state index is 13.0. The van der Waals surface area contributed by atoms with E-state index in [0.717, 1.165) is 0 Å². The molecular weight excluding hydrogens is 492 g/mol. The molecule has 9 heteroatoms. The minimum atomic E-state index is -0.834. The maximum Gasteiger partial charge on any atom is 0.262 e. The molecule has 2 amide bonds. The van der Waals surface area contributed by atoms with E-state index in [0.29, 0.717) is 9.13 Å². The largest absolute Gasteiger partial charge is 0.504 e. The van der Waals surface area contributed by atoms with Gasteiger partial charge in [0.2, 0.25) is 0 Å². The van der Waals surface area contributed by atoms with Crippen molar-refractivity contribution in [1.82, 2.24) is 10.7 Å². The van der Waals surface area contributed by atoms with Gasteiger partial charge < -0.3 is 15.2 Å². The summed E-state index contributed by atoms with van der Waals surface area (Å²) in [5, 5.41) is 16.4. The van der Waals surface area contributed by atoms with Crippen molar-refractivity contribution in [2.75, 3.05) is 7.11 Å². The molecule has 0 saturated heterocycles. The highest BCUT2D eigenvalue weighted by Crippen LogP contribution is 2.31. The average Bonchev–Trinajstić information content (AvgIpc) is 2.68. The Morgan fingerprint density at radius 1 is 1.24 bits per heavy atom. The monoisotopic (exact) mass is 513 g/mol. The average molecular weight is 513 g/mol. The molecule has 0 aliphatic rings. The first-order chi connectivity index (χ1) is 13.7. The van der Waals surface area contributed by atoms with Gasteiger partial charge in [0.1, 0.15) is 11.9 Å². The number of benzene rings is 2. The fourth-order valence-electron chi connectivity index (χ4n) is 2.42. The van der Waals surface area contributed by atoms with Crippen LogP contribution in [0, 0.1) is 15.3 Å². The molecule has 2 rings (SSSR count). The van der Waals surface area contributed by atoms with Crippen molar-refractivity contribution in [2.24, 2.45) is 11.0 Å². The minimum Gasteiger partial charge on any atom is -0.504 e. The van der Waals surface area contributed by atoms with Crippen LogP contribution in [0.5, 0.6) is 11.5 Å². The first kappa shape index (κ1) is 22.6. The number of nitrogens with zero attached hydrogens (tertiary/aromatic N) is 1. The summed E-state index contributed by atoms with van der Waals surface area (Å²) < 4.78 is 18.7. The fourth-order valence-corrected chi connectivity index (χ4v) is 3.05. The minimum absolute atomic E-state index is 0.0256. The van der Waals surface area contributed by atoms with Crippen molar-refractivity contribution in [2.45, 2.75) is 19.9 Å². The molecule has 1 unspecified atom stereocenters. The second-order valence-electron chi connectivity index (χ2n) is 6.49. The van der Waals surface area contributed by atoms with Gasteiger partial charge in [-0.2, -0.15) is 5.10 Å². The van der Waals surface area contributed by atoms with Crippen LogP contribution in [-0.4, -0.2) is 36.3 Å². The Bertz CT molecular complexity index is 917. The van der Waals surface area contributed by atoms with Gasteiger partial charge in [-0.3, -0.25) is 9.59 Å². The Morgan fingerprint density at radius 2 is 1.90 bits per heavy atom. The molecule has 154 valence electrons. The van der Waals surface area contributed by atoms with E-state index in [1.807, 2.05) is 22.6 Å². The number of phenolic OH excluding ortho intramolecular Hbond substituents is 1. The van der Waals surface area contributed by atoms with E-state index in [9.17, 15) is 19.1 Å². The van der Waals surface area contributed by atoms with Gasteiger partial charge in [0.05, 0.1) is 16.9 Å². The number of rotatable bonds is 7. The van der Waals surface area contributed by atoms with E-state index in [1.54, 1.807) is 26.0 Å². The number of hydrogen-bond donors (Lipinski definition) is 3. The number of hydrogen-bond acceptors (Lipinski definition) is 5. The molecule has 1 atom stereocenters. The number of halogens is 2. The zero-order valence-electron chi connectivity index (χ0n) is 16.1. The van der Waals surface area contributed by atoms with Crippen LogP contribution in [0.15, 0.2) is 41.5 Å².